The number of nitrogens with zero attached hydrogens (tertiary/aromatic N) is 1. The van der Waals surface area contributed by atoms with Gasteiger partial charge in [-0.1, -0.05) is 11.6 Å². The minimum atomic E-state index is -0.390. The number of ketones is 1. The van der Waals surface area contributed by atoms with E-state index in [1.165, 1.54) is 12.5 Å². The molecule has 1 aromatic carbocycles. The molecule has 3 rings (SSSR count). The Morgan fingerprint density at radius 3 is 2.50 bits per heavy atom. The van der Waals surface area contributed by atoms with Gasteiger partial charge in [0.1, 0.15) is 11.6 Å². The zero-order chi connectivity index (χ0) is 12.7. The molecule has 0 spiro atoms. The summed E-state index contributed by atoms with van der Waals surface area (Å²) >= 11 is 5.85. The fraction of sp³-hybridized carbons (Fsp3) is 0.500. The first-order valence-electron chi connectivity index (χ1n) is 6.40. The molecule has 0 radical (unpaired) electrons. The molecule has 2 fully saturated rings. The Kier molecular flexibility index (Phi) is 3.02. The van der Waals surface area contributed by atoms with Gasteiger partial charge in [0.2, 0.25) is 0 Å². The number of hydrogen-bond donors (Lipinski definition) is 0. The summed E-state index contributed by atoms with van der Waals surface area (Å²) in [6.07, 6.45) is 4.49. The highest BCUT2D eigenvalue weighted by molar-refractivity contribution is 6.31. The van der Waals surface area contributed by atoms with Gasteiger partial charge in [-0.05, 0) is 37.5 Å². The molecule has 2 heterocycles. The van der Waals surface area contributed by atoms with E-state index in [1.807, 2.05) is 0 Å². The van der Waals surface area contributed by atoms with Crippen LogP contribution in [0.1, 0.15) is 32.1 Å². The second-order valence-corrected chi connectivity index (χ2v) is 5.60. The molecular formula is C14H15ClFNO. The quantitative estimate of drug-likeness (QED) is 0.775. The van der Waals surface area contributed by atoms with Crippen molar-refractivity contribution in [3.8, 4) is 0 Å². The molecule has 0 N–H and O–H groups in total. The van der Waals surface area contributed by atoms with E-state index in [0.29, 0.717) is 18.6 Å². The van der Waals surface area contributed by atoms with Crippen LogP contribution < -0.4 is 4.90 Å². The number of piperidine rings is 2. The van der Waals surface area contributed by atoms with Crippen LogP contribution in [0.15, 0.2) is 18.2 Å². The highest BCUT2D eigenvalue weighted by Gasteiger charge is 2.37. The second-order valence-electron chi connectivity index (χ2n) is 5.19. The van der Waals surface area contributed by atoms with Crippen LogP contribution in [-0.2, 0) is 4.79 Å². The zero-order valence-electron chi connectivity index (χ0n) is 10.0. The minimum Gasteiger partial charge on any atom is -0.365 e. The van der Waals surface area contributed by atoms with Gasteiger partial charge in [0.05, 0.1) is 5.02 Å². The maximum Gasteiger partial charge on any atom is 0.141 e. The number of hydrogen-bond acceptors (Lipinski definition) is 2. The van der Waals surface area contributed by atoms with E-state index in [9.17, 15) is 9.18 Å². The van der Waals surface area contributed by atoms with E-state index in [4.69, 9.17) is 11.6 Å². The number of carbonyl (C=O) groups is 1. The molecule has 2 bridgehead atoms. The largest absolute Gasteiger partial charge is 0.365 e. The Morgan fingerprint density at radius 2 is 1.89 bits per heavy atom. The lowest BCUT2D eigenvalue weighted by atomic mass is 9.83. The summed E-state index contributed by atoms with van der Waals surface area (Å²) in [7, 11) is 0. The fourth-order valence-corrected chi connectivity index (χ4v) is 3.42. The number of benzene rings is 1. The van der Waals surface area contributed by atoms with Crippen molar-refractivity contribution in [2.24, 2.45) is 0 Å². The molecule has 2 unspecified atom stereocenters. The van der Waals surface area contributed by atoms with Crippen LogP contribution in [0.25, 0.3) is 0 Å². The molecule has 18 heavy (non-hydrogen) atoms. The molecule has 2 saturated heterocycles. The second kappa shape index (κ2) is 4.54. The smallest absolute Gasteiger partial charge is 0.141 e. The van der Waals surface area contributed by atoms with Crippen molar-refractivity contribution in [1.82, 2.24) is 0 Å². The maximum absolute atomic E-state index is 13.2. The zero-order valence-corrected chi connectivity index (χ0v) is 10.8. The summed E-state index contributed by atoms with van der Waals surface area (Å²) in [6.45, 7) is 0. The van der Waals surface area contributed by atoms with Crippen molar-refractivity contribution in [2.45, 2.75) is 44.2 Å². The molecule has 0 aromatic heterocycles. The Balaban J connectivity index is 1.95. The lowest BCUT2D eigenvalue weighted by molar-refractivity contribution is -0.121. The molecule has 1 aromatic rings. The van der Waals surface area contributed by atoms with E-state index in [2.05, 4.69) is 4.90 Å². The summed E-state index contributed by atoms with van der Waals surface area (Å²) in [5.41, 5.74) is 0.948. The molecule has 0 aliphatic carbocycles. The molecule has 2 atom stereocenters. The molecule has 96 valence electrons. The fourth-order valence-electron chi connectivity index (χ4n) is 3.24. The van der Waals surface area contributed by atoms with Crippen LogP contribution in [0.2, 0.25) is 5.02 Å². The van der Waals surface area contributed by atoms with Crippen molar-refractivity contribution in [3.05, 3.63) is 29.0 Å². The van der Waals surface area contributed by atoms with Crippen molar-refractivity contribution in [3.63, 3.8) is 0 Å². The molecular weight excluding hydrogens is 253 g/mol. The van der Waals surface area contributed by atoms with Crippen LogP contribution in [0.4, 0.5) is 10.1 Å². The summed E-state index contributed by atoms with van der Waals surface area (Å²) in [6, 6.07) is 5.39. The van der Waals surface area contributed by atoms with Crippen LogP contribution in [-0.4, -0.2) is 17.9 Å². The number of rotatable bonds is 1. The number of halogens is 2. The summed E-state index contributed by atoms with van der Waals surface area (Å²) < 4.78 is 13.2. The predicted molar refractivity (Wildman–Crippen MR) is 69.6 cm³/mol. The van der Waals surface area contributed by atoms with Gasteiger partial charge in [0.25, 0.3) is 0 Å². The Hall–Kier alpha value is -1.09. The Bertz CT molecular complexity index is 475. The predicted octanol–water partition coefficient (Wildman–Crippen LogP) is 3.57. The summed E-state index contributed by atoms with van der Waals surface area (Å²) in [5.74, 6) is -0.0344. The third-order valence-electron chi connectivity index (χ3n) is 3.99. The lowest BCUT2D eigenvalue weighted by Crippen LogP contribution is -2.52. The van der Waals surface area contributed by atoms with Gasteiger partial charge < -0.3 is 4.90 Å². The molecule has 0 amide bonds. The topological polar surface area (TPSA) is 20.3 Å². The molecule has 2 aliphatic rings. The van der Waals surface area contributed by atoms with Gasteiger partial charge in [0, 0.05) is 30.6 Å². The maximum atomic E-state index is 13.2. The average molecular weight is 268 g/mol. The van der Waals surface area contributed by atoms with E-state index < -0.39 is 5.82 Å². The van der Waals surface area contributed by atoms with E-state index in [1.54, 1.807) is 12.1 Å². The highest BCUT2D eigenvalue weighted by atomic mass is 35.5. The van der Waals surface area contributed by atoms with E-state index in [-0.39, 0.29) is 17.1 Å². The first kappa shape index (κ1) is 12.0. The van der Waals surface area contributed by atoms with Crippen molar-refractivity contribution in [2.75, 3.05) is 4.90 Å². The van der Waals surface area contributed by atoms with Crippen LogP contribution in [0.3, 0.4) is 0 Å². The third-order valence-corrected chi connectivity index (χ3v) is 4.28. The molecule has 2 nitrogen and oxygen atoms in total. The van der Waals surface area contributed by atoms with E-state index in [0.717, 1.165) is 18.5 Å². The van der Waals surface area contributed by atoms with Gasteiger partial charge in [-0.25, -0.2) is 4.39 Å². The average Bonchev–Trinajstić information content (AvgIpc) is 2.32. The van der Waals surface area contributed by atoms with Gasteiger partial charge in [-0.3, -0.25) is 4.79 Å². The normalized spacial score (nSPS) is 27.4. The van der Waals surface area contributed by atoms with Crippen LogP contribution in [0, 0.1) is 5.82 Å². The Morgan fingerprint density at radius 1 is 1.22 bits per heavy atom. The SMILES string of the molecule is O=C1CC2CCCC(C1)N2c1ccc(F)c(Cl)c1. The van der Waals surface area contributed by atoms with Crippen molar-refractivity contribution < 1.29 is 9.18 Å². The van der Waals surface area contributed by atoms with Crippen molar-refractivity contribution >= 4 is 23.1 Å². The van der Waals surface area contributed by atoms with Gasteiger partial charge in [-0.2, -0.15) is 0 Å². The number of anilines is 1. The van der Waals surface area contributed by atoms with E-state index >= 15 is 0 Å². The molecule has 4 heteroatoms. The number of carbonyl (C=O) groups excluding carboxylic acids is 1. The van der Waals surface area contributed by atoms with Crippen LogP contribution >= 0.6 is 11.6 Å². The van der Waals surface area contributed by atoms with Crippen molar-refractivity contribution in [1.29, 1.82) is 0 Å². The highest BCUT2D eigenvalue weighted by Crippen LogP contribution is 2.37. The monoisotopic (exact) mass is 267 g/mol. The number of fused-ring (bicyclic) bond motifs is 2. The minimum absolute atomic E-state index is 0.155. The van der Waals surface area contributed by atoms with Gasteiger partial charge in [-0.15, -0.1) is 0 Å². The summed E-state index contributed by atoms with van der Waals surface area (Å²) in [4.78, 5) is 13.9. The third kappa shape index (κ3) is 2.01. The first-order valence-corrected chi connectivity index (χ1v) is 6.78. The summed E-state index contributed by atoms with van der Waals surface area (Å²) in [5, 5.41) is 0.155. The first-order chi connectivity index (χ1) is 8.65. The lowest BCUT2D eigenvalue weighted by Gasteiger charge is -2.47. The standard InChI is InChI=1S/C14H15ClFNO/c15-13-8-11(4-5-14(13)16)17-9-2-1-3-10(17)7-12(18)6-9/h4-5,8-10H,1-3,6-7H2. The van der Waals surface area contributed by atoms with Gasteiger partial charge in [0.15, 0.2) is 0 Å². The van der Waals surface area contributed by atoms with Crippen LogP contribution in [0.5, 0.6) is 0 Å². The molecule has 2 aliphatic heterocycles. The van der Waals surface area contributed by atoms with Gasteiger partial charge >= 0.3 is 0 Å². The number of Topliss-reactive ketones (excluding diaryl/α,β-unsaturated/α-hetero) is 1. The molecule has 0 saturated carbocycles. The Labute approximate surface area is 111 Å².